The molecule has 0 aliphatic rings. The molecule has 32 heavy (non-hydrogen) atoms. The molecule has 0 saturated carbocycles. The monoisotopic (exact) mass is 469 g/mol. The van der Waals surface area contributed by atoms with E-state index in [9.17, 15) is 18.0 Å². The second-order valence-electron chi connectivity index (χ2n) is 6.48. The molecule has 0 spiro atoms. The molecule has 0 aliphatic carbocycles. The highest BCUT2D eigenvalue weighted by Crippen LogP contribution is 2.16. The second-order valence-corrected chi connectivity index (χ2v) is 9.28. The lowest BCUT2D eigenvalue weighted by molar-refractivity contribution is -0.121. The number of sulfonamides is 1. The molecule has 10 heteroatoms. The molecule has 1 amide bonds. The van der Waals surface area contributed by atoms with Gasteiger partial charge in [0.15, 0.2) is 6.61 Å². The molecule has 0 saturated heterocycles. The number of carbonyl (C=O) groups is 2. The van der Waals surface area contributed by atoms with E-state index < -0.39 is 28.5 Å². The van der Waals surface area contributed by atoms with Gasteiger partial charge < -0.3 is 4.74 Å². The van der Waals surface area contributed by atoms with E-state index in [-0.39, 0.29) is 23.5 Å². The first-order chi connectivity index (χ1) is 15.4. The van der Waals surface area contributed by atoms with Crippen molar-refractivity contribution < 1.29 is 22.7 Å². The van der Waals surface area contributed by atoms with E-state index in [1.165, 1.54) is 40.5 Å². The van der Waals surface area contributed by atoms with Crippen LogP contribution in [-0.4, -0.2) is 33.4 Å². The van der Waals surface area contributed by atoms with Crippen molar-refractivity contribution in [3.05, 3.63) is 82.6 Å². The molecule has 164 valence electrons. The predicted molar refractivity (Wildman–Crippen MR) is 119 cm³/mol. The smallest absolute Gasteiger partial charge is 0.338 e. The molecule has 0 fully saturated rings. The standard InChI is InChI=1S/C22H19N3O5S2/c23-11-12-25(18-7-2-1-3-8-18)21(26)16-30-22(27)17-6-4-10-20(14-17)32(28,29)24-15-19-9-5-13-31-19/h1-10,13-14,24H,12,15-16H2. The Morgan fingerprint density at radius 1 is 1.06 bits per heavy atom. The van der Waals surface area contributed by atoms with E-state index in [4.69, 9.17) is 10.00 Å². The van der Waals surface area contributed by atoms with Gasteiger partial charge in [-0.1, -0.05) is 30.3 Å². The number of rotatable bonds is 9. The van der Waals surface area contributed by atoms with Crippen LogP contribution in [0.4, 0.5) is 5.69 Å². The van der Waals surface area contributed by atoms with Gasteiger partial charge in [0.05, 0.1) is 16.5 Å². The van der Waals surface area contributed by atoms with Gasteiger partial charge in [0.2, 0.25) is 10.0 Å². The Kier molecular flexibility index (Phi) is 7.72. The van der Waals surface area contributed by atoms with Crippen molar-refractivity contribution in [3.63, 3.8) is 0 Å². The van der Waals surface area contributed by atoms with Gasteiger partial charge in [-0.3, -0.25) is 9.69 Å². The Morgan fingerprint density at radius 2 is 1.84 bits per heavy atom. The number of nitrogens with zero attached hydrogens (tertiary/aromatic N) is 2. The van der Waals surface area contributed by atoms with Crippen molar-refractivity contribution in [1.29, 1.82) is 5.26 Å². The molecule has 0 aliphatic heterocycles. The number of carbonyl (C=O) groups excluding carboxylic acids is 2. The summed E-state index contributed by atoms with van der Waals surface area (Å²) >= 11 is 1.42. The third-order valence-corrected chi connectivity index (χ3v) is 6.60. The Morgan fingerprint density at radius 3 is 2.53 bits per heavy atom. The summed E-state index contributed by atoms with van der Waals surface area (Å²) in [4.78, 5) is 26.9. The first-order valence-corrected chi connectivity index (χ1v) is 11.8. The summed E-state index contributed by atoms with van der Waals surface area (Å²) in [5, 5.41) is 10.8. The van der Waals surface area contributed by atoms with Crippen LogP contribution < -0.4 is 9.62 Å². The van der Waals surface area contributed by atoms with Crippen LogP contribution in [0.15, 0.2) is 77.0 Å². The molecule has 2 aromatic carbocycles. The minimum atomic E-state index is -3.84. The van der Waals surface area contributed by atoms with Gasteiger partial charge in [-0.2, -0.15) is 5.26 Å². The first-order valence-electron chi connectivity index (χ1n) is 9.42. The fourth-order valence-corrected chi connectivity index (χ4v) is 4.53. The number of esters is 1. The number of ether oxygens (including phenoxy) is 1. The van der Waals surface area contributed by atoms with E-state index in [1.54, 1.807) is 30.3 Å². The number of thiophene rings is 1. The topological polar surface area (TPSA) is 117 Å². The number of benzene rings is 2. The lowest BCUT2D eigenvalue weighted by atomic mass is 10.2. The largest absolute Gasteiger partial charge is 0.452 e. The molecule has 3 aromatic rings. The van der Waals surface area contributed by atoms with Crippen molar-refractivity contribution in [3.8, 4) is 6.07 Å². The van der Waals surface area contributed by atoms with E-state index >= 15 is 0 Å². The van der Waals surface area contributed by atoms with E-state index in [1.807, 2.05) is 23.6 Å². The van der Waals surface area contributed by atoms with Gasteiger partial charge in [-0.15, -0.1) is 11.3 Å². The molecule has 0 radical (unpaired) electrons. The number of para-hydroxylation sites is 1. The van der Waals surface area contributed by atoms with Gasteiger partial charge >= 0.3 is 5.97 Å². The van der Waals surface area contributed by atoms with Crippen molar-refractivity contribution in [2.45, 2.75) is 11.4 Å². The maximum atomic E-state index is 12.5. The van der Waals surface area contributed by atoms with Gasteiger partial charge in [0.1, 0.15) is 6.54 Å². The molecule has 1 aromatic heterocycles. The van der Waals surface area contributed by atoms with Crippen molar-refractivity contribution in [2.75, 3.05) is 18.1 Å². The summed E-state index contributed by atoms with van der Waals surface area (Å²) in [6, 6.07) is 19.4. The Bertz CT molecular complexity index is 1220. The zero-order valence-corrected chi connectivity index (χ0v) is 18.4. The minimum Gasteiger partial charge on any atom is -0.452 e. The number of nitrogens with one attached hydrogen (secondary N) is 1. The van der Waals surface area contributed by atoms with Crippen LogP contribution >= 0.6 is 11.3 Å². The molecule has 0 atom stereocenters. The zero-order valence-electron chi connectivity index (χ0n) is 16.8. The normalized spacial score (nSPS) is 10.8. The molecule has 0 bridgehead atoms. The number of anilines is 1. The molecule has 3 rings (SSSR count). The maximum Gasteiger partial charge on any atom is 0.338 e. The van der Waals surface area contributed by atoms with Gasteiger partial charge in [0.25, 0.3) is 5.91 Å². The summed E-state index contributed by atoms with van der Waals surface area (Å²) < 4.78 is 32.6. The third kappa shape index (κ3) is 6.01. The Labute approximate surface area is 189 Å². The third-order valence-electron chi connectivity index (χ3n) is 4.32. The lowest BCUT2D eigenvalue weighted by Gasteiger charge is -2.19. The van der Waals surface area contributed by atoms with Crippen LogP contribution in [-0.2, 0) is 26.1 Å². The van der Waals surface area contributed by atoms with Gasteiger partial charge in [0, 0.05) is 17.1 Å². The van der Waals surface area contributed by atoms with E-state index in [0.29, 0.717) is 5.69 Å². The summed E-state index contributed by atoms with van der Waals surface area (Å²) in [7, 11) is -3.84. The molecular formula is C22H19N3O5S2. The average molecular weight is 470 g/mol. The van der Waals surface area contributed by atoms with Crippen LogP contribution in [0.25, 0.3) is 0 Å². The van der Waals surface area contributed by atoms with Gasteiger partial charge in [-0.05, 0) is 41.8 Å². The fourth-order valence-electron chi connectivity index (χ4n) is 2.74. The fraction of sp³-hybridized carbons (Fsp3) is 0.136. The molecule has 1 N–H and O–H groups in total. The van der Waals surface area contributed by atoms with Crippen molar-refractivity contribution >= 4 is 38.9 Å². The number of hydrogen-bond donors (Lipinski definition) is 1. The summed E-state index contributed by atoms with van der Waals surface area (Å²) in [6.45, 7) is -0.662. The first kappa shape index (κ1) is 23.1. The Balaban J connectivity index is 1.65. The highest BCUT2D eigenvalue weighted by Gasteiger charge is 2.20. The minimum absolute atomic E-state index is 0.0108. The average Bonchev–Trinajstić information content (AvgIpc) is 3.34. The molecule has 8 nitrogen and oxygen atoms in total. The SMILES string of the molecule is N#CCN(C(=O)COC(=O)c1cccc(S(=O)(=O)NCc2cccs2)c1)c1ccccc1. The van der Waals surface area contributed by atoms with Gasteiger partial charge in [-0.25, -0.2) is 17.9 Å². The number of amides is 1. The number of nitriles is 1. The Hall–Kier alpha value is -3.52. The second kappa shape index (κ2) is 10.7. The zero-order chi connectivity index (χ0) is 23.0. The summed E-state index contributed by atoms with van der Waals surface area (Å²) in [5.41, 5.74) is 0.489. The van der Waals surface area contributed by atoms with E-state index in [0.717, 1.165) is 4.88 Å². The van der Waals surface area contributed by atoms with E-state index in [2.05, 4.69) is 4.72 Å². The maximum absolute atomic E-state index is 12.5. The summed E-state index contributed by atoms with van der Waals surface area (Å²) in [6.07, 6.45) is 0. The van der Waals surface area contributed by atoms with Crippen LogP contribution in [0, 0.1) is 11.3 Å². The highest BCUT2D eigenvalue weighted by atomic mass is 32.2. The van der Waals surface area contributed by atoms with Crippen LogP contribution in [0.3, 0.4) is 0 Å². The number of hydrogen-bond acceptors (Lipinski definition) is 7. The summed E-state index contributed by atoms with van der Waals surface area (Å²) in [5.74, 6) is -1.42. The lowest BCUT2D eigenvalue weighted by Crippen LogP contribution is -2.35. The molecule has 0 unspecified atom stereocenters. The molecular weight excluding hydrogens is 450 g/mol. The van der Waals surface area contributed by atoms with Crippen molar-refractivity contribution in [2.24, 2.45) is 0 Å². The quantitative estimate of drug-likeness (QED) is 0.380. The highest BCUT2D eigenvalue weighted by molar-refractivity contribution is 7.89. The van der Waals surface area contributed by atoms with Crippen LogP contribution in [0.1, 0.15) is 15.2 Å². The van der Waals surface area contributed by atoms with Crippen LogP contribution in [0.2, 0.25) is 0 Å². The van der Waals surface area contributed by atoms with Crippen LogP contribution in [0.5, 0.6) is 0 Å². The molecule has 1 heterocycles. The van der Waals surface area contributed by atoms with Crippen molar-refractivity contribution in [1.82, 2.24) is 4.72 Å². The predicted octanol–water partition coefficient (Wildman–Crippen LogP) is 2.94.